The van der Waals surface area contributed by atoms with Crippen LogP contribution in [0.5, 0.6) is 5.75 Å². The van der Waals surface area contributed by atoms with Crippen molar-refractivity contribution < 1.29 is 14.3 Å². The minimum atomic E-state index is -0.535. The minimum absolute atomic E-state index is 0.160. The lowest BCUT2D eigenvalue weighted by molar-refractivity contribution is -0.119. The third-order valence-corrected chi connectivity index (χ3v) is 3.34. The molecule has 0 fully saturated rings. The highest BCUT2D eigenvalue weighted by molar-refractivity contribution is 6.05. The van der Waals surface area contributed by atoms with E-state index in [9.17, 15) is 9.59 Å². The van der Waals surface area contributed by atoms with Crippen molar-refractivity contribution in [3.63, 3.8) is 0 Å². The molecular weight excluding hydrogens is 280 g/mol. The van der Waals surface area contributed by atoms with Crippen LogP contribution in [-0.4, -0.2) is 18.4 Å². The Labute approximate surface area is 129 Å². The van der Waals surface area contributed by atoms with E-state index in [4.69, 9.17) is 10.5 Å². The monoisotopic (exact) mass is 298 g/mol. The fraction of sp³-hybridized carbons (Fsp3) is 0.176. The van der Waals surface area contributed by atoms with Gasteiger partial charge in [-0.2, -0.15) is 0 Å². The Morgan fingerprint density at radius 2 is 1.77 bits per heavy atom. The van der Waals surface area contributed by atoms with E-state index in [1.807, 2.05) is 26.0 Å². The van der Waals surface area contributed by atoms with Crippen molar-refractivity contribution in [2.24, 2.45) is 5.73 Å². The molecule has 22 heavy (non-hydrogen) atoms. The van der Waals surface area contributed by atoms with Gasteiger partial charge in [0.05, 0.1) is 0 Å². The van der Waals surface area contributed by atoms with Gasteiger partial charge in [-0.1, -0.05) is 12.1 Å². The average Bonchev–Trinajstić information content (AvgIpc) is 2.49. The number of aryl methyl sites for hydroxylation is 1. The van der Waals surface area contributed by atoms with Crippen molar-refractivity contribution in [1.29, 1.82) is 0 Å². The van der Waals surface area contributed by atoms with Crippen LogP contribution in [0.3, 0.4) is 0 Å². The lowest BCUT2D eigenvalue weighted by Gasteiger charge is -2.10. The van der Waals surface area contributed by atoms with Crippen molar-refractivity contribution in [3.8, 4) is 5.75 Å². The van der Waals surface area contributed by atoms with E-state index in [2.05, 4.69) is 5.32 Å². The highest BCUT2D eigenvalue weighted by Gasteiger charge is 2.10. The Balaban J connectivity index is 2.05. The largest absolute Gasteiger partial charge is 0.484 e. The Kier molecular flexibility index (Phi) is 4.78. The molecular formula is C17H18N2O3. The molecule has 0 saturated carbocycles. The van der Waals surface area contributed by atoms with Crippen LogP contribution in [0.15, 0.2) is 42.5 Å². The molecule has 0 aliphatic rings. The molecule has 0 unspecified atom stereocenters. The summed E-state index contributed by atoms with van der Waals surface area (Å²) in [6.07, 6.45) is 0. The summed E-state index contributed by atoms with van der Waals surface area (Å²) in [5, 5.41) is 2.83. The van der Waals surface area contributed by atoms with Crippen LogP contribution in [-0.2, 0) is 4.79 Å². The number of benzene rings is 2. The number of nitrogens with one attached hydrogen (secondary N) is 1. The van der Waals surface area contributed by atoms with Crippen molar-refractivity contribution in [3.05, 3.63) is 59.2 Å². The topological polar surface area (TPSA) is 81.4 Å². The molecule has 0 saturated heterocycles. The van der Waals surface area contributed by atoms with Crippen molar-refractivity contribution in [2.75, 3.05) is 11.9 Å². The zero-order chi connectivity index (χ0) is 16.1. The summed E-state index contributed by atoms with van der Waals surface area (Å²) >= 11 is 0. The van der Waals surface area contributed by atoms with Gasteiger partial charge >= 0.3 is 0 Å². The molecule has 2 aromatic carbocycles. The van der Waals surface area contributed by atoms with Crippen molar-refractivity contribution in [1.82, 2.24) is 0 Å². The zero-order valence-electron chi connectivity index (χ0n) is 12.6. The fourth-order valence-corrected chi connectivity index (χ4v) is 1.98. The predicted octanol–water partition coefficient (Wildman–Crippen LogP) is 2.42. The van der Waals surface area contributed by atoms with Crippen LogP contribution in [0.2, 0.25) is 0 Å². The average molecular weight is 298 g/mol. The number of rotatable bonds is 5. The van der Waals surface area contributed by atoms with E-state index < -0.39 is 5.91 Å². The van der Waals surface area contributed by atoms with Crippen molar-refractivity contribution in [2.45, 2.75) is 13.8 Å². The Hall–Kier alpha value is -2.82. The van der Waals surface area contributed by atoms with Gasteiger partial charge < -0.3 is 15.8 Å². The summed E-state index contributed by atoms with van der Waals surface area (Å²) in [7, 11) is 0. The van der Waals surface area contributed by atoms with E-state index in [1.54, 1.807) is 30.3 Å². The lowest BCUT2D eigenvalue weighted by Crippen LogP contribution is -2.20. The molecule has 0 aliphatic carbocycles. The van der Waals surface area contributed by atoms with Crippen LogP contribution < -0.4 is 15.8 Å². The van der Waals surface area contributed by atoms with E-state index in [-0.39, 0.29) is 12.5 Å². The summed E-state index contributed by atoms with van der Waals surface area (Å²) in [6, 6.07) is 12.4. The quantitative estimate of drug-likeness (QED) is 0.889. The Morgan fingerprint density at radius 1 is 1.09 bits per heavy atom. The molecule has 0 bridgehead atoms. The Morgan fingerprint density at radius 3 is 2.41 bits per heavy atom. The summed E-state index contributed by atoms with van der Waals surface area (Å²) in [6.45, 7) is 3.72. The van der Waals surface area contributed by atoms with Crippen molar-refractivity contribution >= 4 is 17.5 Å². The molecule has 0 spiro atoms. The second kappa shape index (κ2) is 6.76. The second-order valence-electron chi connectivity index (χ2n) is 4.98. The first-order valence-corrected chi connectivity index (χ1v) is 6.86. The molecule has 2 amide bonds. The summed E-state index contributed by atoms with van der Waals surface area (Å²) in [5.74, 6) is -0.178. The van der Waals surface area contributed by atoms with Gasteiger partial charge in [-0.15, -0.1) is 0 Å². The standard InChI is InChI=1S/C17H18N2O3/c1-11-4-3-5-15(12(11)2)17(21)19-13-6-8-14(9-7-13)22-10-16(18)20/h3-9H,10H2,1-2H3,(H2,18,20)(H,19,21). The molecule has 114 valence electrons. The first-order chi connectivity index (χ1) is 10.5. The van der Waals surface area contributed by atoms with Gasteiger partial charge in [-0.3, -0.25) is 9.59 Å². The number of hydrogen-bond acceptors (Lipinski definition) is 3. The Bertz CT molecular complexity index is 694. The maximum absolute atomic E-state index is 12.3. The number of ether oxygens (including phenoxy) is 1. The number of primary amides is 1. The highest BCUT2D eigenvalue weighted by Crippen LogP contribution is 2.18. The molecule has 0 atom stereocenters. The summed E-state index contributed by atoms with van der Waals surface area (Å²) < 4.78 is 5.16. The van der Waals surface area contributed by atoms with Gasteiger partial charge in [-0.25, -0.2) is 0 Å². The number of amides is 2. The molecule has 0 aliphatic heterocycles. The predicted molar refractivity (Wildman–Crippen MR) is 85.0 cm³/mol. The molecule has 3 N–H and O–H groups in total. The van der Waals surface area contributed by atoms with Crippen LogP contribution in [0.25, 0.3) is 0 Å². The van der Waals surface area contributed by atoms with E-state index in [0.717, 1.165) is 11.1 Å². The molecule has 5 heteroatoms. The van der Waals surface area contributed by atoms with Gasteiger partial charge in [0.25, 0.3) is 11.8 Å². The number of anilines is 1. The van der Waals surface area contributed by atoms with Crippen LogP contribution >= 0.6 is 0 Å². The maximum Gasteiger partial charge on any atom is 0.255 e. The van der Waals surface area contributed by atoms with Gasteiger partial charge in [0, 0.05) is 11.3 Å². The zero-order valence-corrected chi connectivity index (χ0v) is 12.6. The van der Waals surface area contributed by atoms with E-state index >= 15 is 0 Å². The summed E-state index contributed by atoms with van der Waals surface area (Å²) in [5.41, 5.74) is 8.34. The van der Waals surface area contributed by atoms with Crippen LogP contribution in [0, 0.1) is 13.8 Å². The first-order valence-electron chi connectivity index (χ1n) is 6.86. The van der Waals surface area contributed by atoms with E-state index in [0.29, 0.717) is 17.0 Å². The molecule has 0 aromatic heterocycles. The van der Waals surface area contributed by atoms with Gasteiger partial charge in [0.2, 0.25) is 0 Å². The maximum atomic E-state index is 12.3. The number of nitrogens with two attached hydrogens (primary N) is 1. The van der Waals surface area contributed by atoms with E-state index in [1.165, 1.54) is 0 Å². The third kappa shape index (κ3) is 3.85. The molecule has 2 rings (SSSR count). The lowest BCUT2D eigenvalue weighted by atomic mass is 10.0. The van der Waals surface area contributed by atoms with Gasteiger partial charge in [-0.05, 0) is 55.3 Å². The second-order valence-corrected chi connectivity index (χ2v) is 4.98. The number of carbonyl (C=O) groups is 2. The minimum Gasteiger partial charge on any atom is -0.484 e. The summed E-state index contributed by atoms with van der Waals surface area (Å²) in [4.78, 5) is 22.9. The number of carbonyl (C=O) groups excluding carboxylic acids is 2. The molecule has 0 radical (unpaired) electrons. The molecule has 2 aromatic rings. The van der Waals surface area contributed by atoms with Gasteiger partial charge in [0.1, 0.15) is 5.75 Å². The fourth-order valence-electron chi connectivity index (χ4n) is 1.98. The van der Waals surface area contributed by atoms with Crippen LogP contribution in [0.1, 0.15) is 21.5 Å². The molecule has 0 heterocycles. The highest BCUT2D eigenvalue weighted by atomic mass is 16.5. The normalized spacial score (nSPS) is 10.1. The third-order valence-electron chi connectivity index (χ3n) is 3.34. The first kappa shape index (κ1) is 15.6. The van der Waals surface area contributed by atoms with Gasteiger partial charge in [0.15, 0.2) is 6.61 Å². The smallest absolute Gasteiger partial charge is 0.255 e. The SMILES string of the molecule is Cc1cccc(C(=O)Nc2ccc(OCC(N)=O)cc2)c1C. The van der Waals surface area contributed by atoms with Crippen LogP contribution in [0.4, 0.5) is 5.69 Å². The number of hydrogen-bond donors (Lipinski definition) is 2. The molecule has 5 nitrogen and oxygen atoms in total.